The van der Waals surface area contributed by atoms with Crippen molar-refractivity contribution in [2.75, 3.05) is 20.8 Å². The highest BCUT2D eigenvalue weighted by Gasteiger charge is 2.55. The average molecular weight is 562 g/mol. The molecule has 214 valence electrons. The first kappa shape index (κ1) is 28.3. The van der Waals surface area contributed by atoms with Crippen molar-refractivity contribution < 1.29 is 29.2 Å². The molecule has 0 bridgehead atoms. The van der Waals surface area contributed by atoms with E-state index in [9.17, 15) is 19.8 Å². The summed E-state index contributed by atoms with van der Waals surface area (Å²) in [5, 5.41) is 22.0. The highest BCUT2D eigenvalue weighted by atomic mass is 16.6. The molecule has 11 nitrogen and oxygen atoms in total. The van der Waals surface area contributed by atoms with Gasteiger partial charge in [-0.3, -0.25) is 20.1 Å². The lowest BCUT2D eigenvalue weighted by molar-refractivity contribution is -0.111. The summed E-state index contributed by atoms with van der Waals surface area (Å²) in [5.74, 6) is 1.31. The molecule has 0 saturated carbocycles. The maximum atomic E-state index is 12.4. The molecule has 0 radical (unpaired) electrons. The molecule has 1 fully saturated rings. The lowest BCUT2D eigenvalue weighted by Crippen LogP contribution is -2.56. The van der Waals surface area contributed by atoms with Crippen molar-refractivity contribution in [1.82, 2.24) is 9.55 Å². The molecule has 3 aromatic carbocycles. The molecule has 0 unspecified atom stereocenters. The van der Waals surface area contributed by atoms with Gasteiger partial charge < -0.3 is 29.2 Å². The van der Waals surface area contributed by atoms with Crippen molar-refractivity contribution in [3.05, 3.63) is 129 Å². The predicted octanol–water partition coefficient (Wildman–Crippen LogP) is 1.47. The van der Waals surface area contributed by atoms with Gasteiger partial charge in [0.25, 0.3) is 5.56 Å². The Hall–Kier alpha value is -4.26. The number of aliphatic hydroxyl groups excluding tert-OH is 1. The molecule has 4 atom stereocenters. The number of rotatable bonds is 9. The van der Waals surface area contributed by atoms with Crippen LogP contribution in [0.2, 0.25) is 0 Å². The SMILES string of the molecule is COc1ccc(C(OC[C@H]2O[C@@H](n3ccc(=O)[nH]c3=O)[C@](N)(O)[C@@H]2O)(c2ccccc2)c2ccc(OC)cc2)cc1. The molecule has 1 aromatic heterocycles. The van der Waals surface area contributed by atoms with Crippen molar-refractivity contribution in [2.45, 2.75) is 29.8 Å². The summed E-state index contributed by atoms with van der Waals surface area (Å²) in [6, 6.07) is 25.4. The van der Waals surface area contributed by atoms with Crippen LogP contribution in [0.25, 0.3) is 0 Å². The van der Waals surface area contributed by atoms with Crippen LogP contribution in [0.15, 0.2) is 101 Å². The van der Waals surface area contributed by atoms with Gasteiger partial charge >= 0.3 is 5.69 Å². The van der Waals surface area contributed by atoms with Crippen LogP contribution in [0.1, 0.15) is 22.9 Å². The number of hydrogen-bond acceptors (Lipinski definition) is 9. The van der Waals surface area contributed by atoms with Crippen LogP contribution in [0.4, 0.5) is 0 Å². The summed E-state index contributed by atoms with van der Waals surface area (Å²) in [7, 11) is 3.16. The number of methoxy groups -OCH3 is 2. The van der Waals surface area contributed by atoms with Crippen molar-refractivity contribution in [2.24, 2.45) is 5.73 Å². The summed E-state index contributed by atoms with van der Waals surface area (Å²) in [5.41, 5.74) is 3.28. The molecule has 0 amide bonds. The van der Waals surface area contributed by atoms with Crippen LogP contribution in [0.3, 0.4) is 0 Å². The van der Waals surface area contributed by atoms with Crippen LogP contribution in [-0.2, 0) is 15.1 Å². The van der Waals surface area contributed by atoms with E-state index in [0.717, 1.165) is 33.5 Å². The standard InChI is InChI=1S/C30H31N3O8/c1-38-22-12-8-20(9-13-22)29(19-6-4-3-5-7-19,21-10-14-23(39-2)15-11-21)40-18-24-26(35)30(31,37)27(41-24)33-17-16-25(34)32-28(33)36/h3-17,24,26-27,35,37H,18,31H2,1-2H3,(H,32,34,36)/t24-,26-,27-,30-/m1/s1. The number of ether oxygens (including phenoxy) is 4. The Labute approximate surface area is 235 Å². The predicted molar refractivity (Wildman–Crippen MR) is 149 cm³/mol. The van der Waals surface area contributed by atoms with Crippen molar-refractivity contribution in [3.63, 3.8) is 0 Å². The third-order valence-electron chi connectivity index (χ3n) is 7.27. The molecule has 0 spiro atoms. The molecular weight excluding hydrogens is 530 g/mol. The minimum Gasteiger partial charge on any atom is -0.497 e. The van der Waals surface area contributed by atoms with Gasteiger partial charge in [0.05, 0.1) is 20.8 Å². The van der Waals surface area contributed by atoms with Crippen molar-refractivity contribution in [3.8, 4) is 11.5 Å². The van der Waals surface area contributed by atoms with Gasteiger partial charge in [0, 0.05) is 12.3 Å². The Morgan fingerprint density at radius 1 is 0.902 bits per heavy atom. The second-order valence-electron chi connectivity index (χ2n) is 9.69. The number of benzene rings is 3. The summed E-state index contributed by atoms with van der Waals surface area (Å²) < 4.78 is 24.3. The van der Waals surface area contributed by atoms with E-state index >= 15 is 0 Å². The maximum absolute atomic E-state index is 12.4. The molecule has 0 aliphatic carbocycles. The van der Waals surface area contributed by atoms with Gasteiger partial charge in [-0.15, -0.1) is 0 Å². The minimum absolute atomic E-state index is 0.248. The highest BCUT2D eigenvalue weighted by Crippen LogP contribution is 2.43. The van der Waals surface area contributed by atoms with Gasteiger partial charge in [-0.25, -0.2) is 4.79 Å². The van der Waals surface area contributed by atoms with E-state index in [-0.39, 0.29) is 6.61 Å². The lowest BCUT2D eigenvalue weighted by Gasteiger charge is -2.37. The monoisotopic (exact) mass is 561 g/mol. The Morgan fingerprint density at radius 3 is 1.95 bits per heavy atom. The molecule has 2 heterocycles. The van der Waals surface area contributed by atoms with Crippen LogP contribution >= 0.6 is 0 Å². The number of H-pyrrole nitrogens is 1. The van der Waals surface area contributed by atoms with Gasteiger partial charge in [0.1, 0.15) is 29.3 Å². The molecule has 11 heteroatoms. The van der Waals surface area contributed by atoms with E-state index in [1.807, 2.05) is 78.9 Å². The Bertz CT molecular complexity index is 1540. The molecule has 1 aliphatic rings. The quantitative estimate of drug-likeness (QED) is 0.175. The summed E-state index contributed by atoms with van der Waals surface area (Å²) in [6.07, 6.45) is -3.16. The van der Waals surface area contributed by atoms with Crippen LogP contribution < -0.4 is 26.5 Å². The van der Waals surface area contributed by atoms with E-state index in [4.69, 9.17) is 24.7 Å². The minimum atomic E-state index is -2.37. The fraction of sp³-hybridized carbons (Fsp3) is 0.267. The summed E-state index contributed by atoms with van der Waals surface area (Å²) >= 11 is 0. The van der Waals surface area contributed by atoms with Gasteiger partial charge in [-0.1, -0.05) is 54.6 Å². The van der Waals surface area contributed by atoms with Gasteiger partial charge in [-0.2, -0.15) is 0 Å². The van der Waals surface area contributed by atoms with Crippen LogP contribution in [0, 0.1) is 0 Å². The van der Waals surface area contributed by atoms with E-state index in [2.05, 4.69) is 4.98 Å². The van der Waals surface area contributed by atoms with Crippen LogP contribution in [-0.4, -0.2) is 58.5 Å². The van der Waals surface area contributed by atoms with E-state index < -0.39 is 41.0 Å². The van der Waals surface area contributed by atoms with E-state index in [0.29, 0.717) is 11.5 Å². The fourth-order valence-electron chi connectivity index (χ4n) is 5.11. The molecular formula is C30H31N3O8. The lowest BCUT2D eigenvalue weighted by atomic mass is 9.80. The van der Waals surface area contributed by atoms with Gasteiger partial charge in [0.15, 0.2) is 12.0 Å². The van der Waals surface area contributed by atoms with Crippen molar-refractivity contribution in [1.29, 1.82) is 0 Å². The zero-order valence-corrected chi connectivity index (χ0v) is 22.5. The number of hydrogen-bond donors (Lipinski definition) is 4. The normalized spacial score (nSPS) is 22.4. The second kappa shape index (κ2) is 11.3. The van der Waals surface area contributed by atoms with E-state index in [1.54, 1.807) is 14.2 Å². The molecule has 41 heavy (non-hydrogen) atoms. The zero-order chi connectivity index (χ0) is 29.2. The molecule has 4 aromatic rings. The number of aromatic amines is 1. The Kier molecular flexibility index (Phi) is 7.80. The van der Waals surface area contributed by atoms with E-state index in [1.165, 1.54) is 0 Å². The third kappa shape index (κ3) is 5.17. The Balaban J connectivity index is 1.58. The van der Waals surface area contributed by atoms with Crippen molar-refractivity contribution >= 4 is 0 Å². The number of nitrogens with one attached hydrogen (secondary N) is 1. The molecule has 1 aliphatic heterocycles. The summed E-state index contributed by atoms with van der Waals surface area (Å²) in [6.45, 7) is -0.248. The number of nitrogens with two attached hydrogens (primary N) is 1. The molecule has 5 N–H and O–H groups in total. The molecule has 1 saturated heterocycles. The van der Waals surface area contributed by atoms with Crippen LogP contribution in [0.5, 0.6) is 11.5 Å². The largest absolute Gasteiger partial charge is 0.497 e. The summed E-state index contributed by atoms with van der Waals surface area (Å²) in [4.78, 5) is 26.1. The first-order chi connectivity index (χ1) is 19.7. The third-order valence-corrected chi connectivity index (χ3v) is 7.27. The second-order valence-corrected chi connectivity index (χ2v) is 9.69. The number of aliphatic hydroxyl groups is 2. The topological polar surface area (TPSA) is 158 Å². The zero-order valence-electron chi connectivity index (χ0n) is 22.5. The smallest absolute Gasteiger partial charge is 0.330 e. The van der Waals surface area contributed by atoms with Gasteiger partial charge in [-0.05, 0) is 41.0 Å². The number of aromatic nitrogens is 2. The highest BCUT2D eigenvalue weighted by molar-refractivity contribution is 5.49. The fourth-order valence-corrected chi connectivity index (χ4v) is 5.11. The maximum Gasteiger partial charge on any atom is 0.330 e. The first-order valence-electron chi connectivity index (χ1n) is 12.9. The number of nitrogens with zero attached hydrogens (tertiary/aromatic N) is 1. The average Bonchev–Trinajstić information content (AvgIpc) is 3.22. The Morgan fingerprint density at radius 2 is 1.44 bits per heavy atom. The first-order valence-corrected chi connectivity index (χ1v) is 12.9. The molecule has 5 rings (SSSR count). The van der Waals surface area contributed by atoms with Gasteiger partial charge in [0.2, 0.25) is 0 Å².